The molecule has 0 saturated heterocycles. The van der Waals surface area contributed by atoms with Gasteiger partial charge in [-0.1, -0.05) is 29.3 Å². The molecule has 2 amide bonds. The number of rotatable bonds is 4. The summed E-state index contributed by atoms with van der Waals surface area (Å²) in [6.07, 6.45) is -0.932. The Morgan fingerprint density at radius 2 is 1.94 bits per heavy atom. The fourth-order valence-corrected chi connectivity index (χ4v) is 1.99. The van der Waals surface area contributed by atoms with Crippen LogP contribution in [-0.4, -0.2) is 24.2 Å². The summed E-state index contributed by atoms with van der Waals surface area (Å²) in [5, 5.41) is 15.7. The predicted molar refractivity (Wildman–Crippen MR) is 68.5 cm³/mol. The lowest BCUT2D eigenvalue weighted by molar-refractivity contribution is 0.173. The van der Waals surface area contributed by atoms with Gasteiger partial charge in [0.05, 0.1) is 6.10 Å². The molecular formula is C11H14Cl2N2O2. The first kappa shape index (κ1) is 14.1. The maximum Gasteiger partial charge on any atom is 0.314 e. The summed E-state index contributed by atoms with van der Waals surface area (Å²) in [7, 11) is 0. The maximum atomic E-state index is 11.1. The van der Waals surface area contributed by atoms with E-state index in [0.29, 0.717) is 22.2 Å². The van der Waals surface area contributed by atoms with E-state index >= 15 is 0 Å². The average Bonchev–Trinajstić information content (AvgIpc) is 2.26. The van der Waals surface area contributed by atoms with E-state index in [2.05, 4.69) is 10.6 Å². The highest BCUT2D eigenvalue weighted by Crippen LogP contribution is 2.29. The van der Waals surface area contributed by atoms with Gasteiger partial charge in [0.1, 0.15) is 0 Å². The fourth-order valence-electron chi connectivity index (χ4n) is 1.34. The summed E-state index contributed by atoms with van der Waals surface area (Å²) < 4.78 is 0. The Kier molecular flexibility index (Phi) is 5.55. The topological polar surface area (TPSA) is 61.4 Å². The number of hydrogen-bond donors (Lipinski definition) is 3. The molecule has 0 saturated carbocycles. The van der Waals surface area contributed by atoms with Crippen molar-refractivity contribution < 1.29 is 9.90 Å². The molecule has 0 spiro atoms. The zero-order valence-corrected chi connectivity index (χ0v) is 10.8. The highest BCUT2D eigenvalue weighted by atomic mass is 35.5. The van der Waals surface area contributed by atoms with Gasteiger partial charge in [0, 0.05) is 28.7 Å². The van der Waals surface area contributed by atoms with Crippen LogP contribution in [0.2, 0.25) is 10.0 Å². The quantitative estimate of drug-likeness (QED) is 0.791. The second-order valence-electron chi connectivity index (χ2n) is 3.39. The van der Waals surface area contributed by atoms with Crippen LogP contribution in [0.4, 0.5) is 4.79 Å². The van der Waals surface area contributed by atoms with Crippen molar-refractivity contribution in [3.8, 4) is 0 Å². The number of benzene rings is 1. The molecule has 6 heteroatoms. The average molecular weight is 277 g/mol. The second kappa shape index (κ2) is 6.69. The summed E-state index contributed by atoms with van der Waals surface area (Å²) in [5.74, 6) is 0. The van der Waals surface area contributed by atoms with E-state index in [4.69, 9.17) is 23.2 Å². The van der Waals surface area contributed by atoms with E-state index in [1.807, 2.05) is 0 Å². The third-order valence-corrected chi connectivity index (χ3v) is 2.79. The van der Waals surface area contributed by atoms with Crippen LogP contribution in [-0.2, 0) is 0 Å². The van der Waals surface area contributed by atoms with Gasteiger partial charge in [-0.2, -0.15) is 0 Å². The van der Waals surface area contributed by atoms with Gasteiger partial charge in [-0.05, 0) is 19.1 Å². The number of hydrogen-bond acceptors (Lipinski definition) is 2. The molecule has 0 aliphatic rings. The van der Waals surface area contributed by atoms with Gasteiger partial charge in [-0.15, -0.1) is 0 Å². The minimum Gasteiger partial charge on any atom is -0.386 e. The lowest BCUT2D eigenvalue weighted by Crippen LogP contribution is -2.37. The summed E-state index contributed by atoms with van der Waals surface area (Å²) in [6, 6.07) is 4.63. The van der Waals surface area contributed by atoms with Gasteiger partial charge < -0.3 is 15.7 Å². The van der Waals surface area contributed by atoms with Crippen molar-refractivity contribution in [3.63, 3.8) is 0 Å². The third-order valence-electron chi connectivity index (χ3n) is 2.13. The Morgan fingerprint density at radius 3 is 2.47 bits per heavy atom. The van der Waals surface area contributed by atoms with Crippen molar-refractivity contribution in [2.75, 3.05) is 13.1 Å². The van der Waals surface area contributed by atoms with Crippen molar-refractivity contribution in [2.24, 2.45) is 0 Å². The predicted octanol–water partition coefficient (Wildman–Crippen LogP) is 2.35. The summed E-state index contributed by atoms with van der Waals surface area (Å²) in [5.41, 5.74) is 0.424. The molecule has 3 N–H and O–H groups in total. The standard InChI is InChI=1S/C11H14Cl2N2O2/c1-2-14-11(17)15-6-9(16)10-7(12)4-3-5-8(10)13/h3-5,9,16H,2,6H2,1H3,(H2,14,15,17). The summed E-state index contributed by atoms with van der Waals surface area (Å²) in [4.78, 5) is 11.1. The van der Waals surface area contributed by atoms with Crippen LogP contribution in [0.25, 0.3) is 0 Å². The molecule has 0 fully saturated rings. The number of urea groups is 1. The van der Waals surface area contributed by atoms with Gasteiger partial charge in [0.2, 0.25) is 0 Å². The Balaban J connectivity index is 2.64. The van der Waals surface area contributed by atoms with Crippen LogP contribution in [0.3, 0.4) is 0 Å². The SMILES string of the molecule is CCNC(=O)NCC(O)c1c(Cl)cccc1Cl. The lowest BCUT2D eigenvalue weighted by Gasteiger charge is -2.15. The van der Waals surface area contributed by atoms with Gasteiger partial charge >= 0.3 is 6.03 Å². The Morgan fingerprint density at radius 1 is 1.35 bits per heavy atom. The monoisotopic (exact) mass is 276 g/mol. The van der Waals surface area contributed by atoms with Crippen molar-refractivity contribution in [3.05, 3.63) is 33.8 Å². The van der Waals surface area contributed by atoms with Gasteiger partial charge in [-0.25, -0.2) is 4.79 Å². The Bertz CT molecular complexity index is 379. The van der Waals surface area contributed by atoms with E-state index in [9.17, 15) is 9.90 Å². The van der Waals surface area contributed by atoms with Crippen LogP contribution < -0.4 is 10.6 Å². The molecule has 4 nitrogen and oxygen atoms in total. The smallest absolute Gasteiger partial charge is 0.314 e. The molecule has 0 bridgehead atoms. The molecule has 94 valence electrons. The van der Waals surface area contributed by atoms with Gasteiger partial charge in [0.15, 0.2) is 0 Å². The number of carbonyl (C=O) groups is 1. The first-order valence-electron chi connectivity index (χ1n) is 5.20. The molecule has 0 aliphatic heterocycles. The molecule has 0 heterocycles. The first-order valence-corrected chi connectivity index (χ1v) is 5.95. The first-order chi connectivity index (χ1) is 8.06. The molecule has 17 heavy (non-hydrogen) atoms. The molecule has 0 radical (unpaired) electrons. The van der Waals surface area contributed by atoms with Gasteiger partial charge in [0.25, 0.3) is 0 Å². The molecule has 1 aromatic carbocycles. The van der Waals surface area contributed by atoms with E-state index in [1.54, 1.807) is 25.1 Å². The number of aliphatic hydroxyl groups excluding tert-OH is 1. The molecule has 1 unspecified atom stereocenters. The fraction of sp³-hybridized carbons (Fsp3) is 0.364. The van der Waals surface area contributed by atoms with Crippen LogP contribution in [0.1, 0.15) is 18.6 Å². The number of halogens is 2. The Hall–Kier alpha value is -0.970. The van der Waals surface area contributed by atoms with Crippen LogP contribution in [0, 0.1) is 0 Å². The zero-order valence-electron chi connectivity index (χ0n) is 9.34. The van der Waals surface area contributed by atoms with Crippen molar-refractivity contribution in [2.45, 2.75) is 13.0 Å². The van der Waals surface area contributed by atoms with Crippen molar-refractivity contribution in [1.82, 2.24) is 10.6 Å². The highest BCUT2D eigenvalue weighted by molar-refractivity contribution is 6.36. The Labute approximate surface area is 110 Å². The molecule has 1 rings (SSSR count). The van der Waals surface area contributed by atoms with E-state index in [0.717, 1.165) is 0 Å². The summed E-state index contributed by atoms with van der Waals surface area (Å²) >= 11 is 11.9. The van der Waals surface area contributed by atoms with E-state index in [1.165, 1.54) is 0 Å². The molecule has 1 atom stereocenters. The zero-order chi connectivity index (χ0) is 12.8. The highest BCUT2D eigenvalue weighted by Gasteiger charge is 2.15. The molecule has 1 aromatic rings. The van der Waals surface area contributed by atoms with E-state index in [-0.39, 0.29) is 12.6 Å². The van der Waals surface area contributed by atoms with Gasteiger partial charge in [-0.3, -0.25) is 0 Å². The lowest BCUT2D eigenvalue weighted by atomic mass is 10.1. The molecule has 0 aromatic heterocycles. The minimum absolute atomic E-state index is 0.0509. The number of nitrogens with one attached hydrogen (secondary N) is 2. The van der Waals surface area contributed by atoms with Crippen molar-refractivity contribution in [1.29, 1.82) is 0 Å². The van der Waals surface area contributed by atoms with Crippen LogP contribution in [0.5, 0.6) is 0 Å². The third kappa shape index (κ3) is 4.07. The minimum atomic E-state index is -0.932. The van der Waals surface area contributed by atoms with Crippen LogP contribution >= 0.6 is 23.2 Å². The normalized spacial score (nSPS) is 12.0. The van der Waals surface area contributed by atoms with E-state index < -0.39 is 6.10 Å². The second-order valence-corrected chi connectivity index (χ2v) is 4.21. The molecular weight excluding hydrogens is 263 g/mol. The summed E-state index contributed by atoms with van der Waals surface area (Å²) in [6.45, 7) is 2.38. The number of carbonyl (C=O) groups excluding carboxylic acids is 1. The van der Waals surface area contributed by atoms with Crippen molar-refractivity contribution >= 4 is 29.2 Å². The van der Waals surface area contributed by atoms with Crippen LogP contribution in [0.15, 0.2) is 18.2 Å². The largest absolute Gasteiger partial charge is 0.386 e. The number of aliphatic hydroxyl groups is 1. The number of amides is 2. The maximum absolute atomic E-state index is 11.1. The molecule has 0 aliphatic carbocycles.